The van der Waals surface area contributed by atoms with Gasteiger partial charge in [-0.15, -0.1) is 0 Å². The number of hydrogen-bond acceptors (Lipinski definition) is 4. The van der Waals surface area contributed by atoms with Gasteiger partial charge in [-0.2, -0.15) is 23.3 Å². The van der Waals surface area contributed by atoms with E-state index in [1.807, 2.05) is 6.92 Å². The lowest BCUT2D eigenvalue weighted by atomic mass is 10.1. The molecule has 0 aliphatic carbocycles. The molecule has 0 saturated heterocycles. The van der Waals surface area contributed by atoms with Crippen LogP contribution in [0.15, 0.2) is 35.4 Å². The van der Waals surface area contributed by atoms with Crippen molar-refractivity contribution in [1.29, 1.82) is 0 Å². The molecule has 0 saturated carbocycles. The van der Waals surface area contributed by atoms with E-state index in [9.17, 15) is 22.4 Å². The largest absolute Gasteiger partial charge is 0.419 e. The second-order valence-corrected chi connectivity index (χ2v) is 7.58. The van der Waals surface area contributed by atoms with Crippen LogP contribution >= 0.6 is 11.6 Å². The molecule has 0 aliphatic heterocycles. The van der Waals surface area contributed by atoms with Gasteiger partial charge in [0.25, 0.3) is 5.56 Å². The predicted molar refractivity (Wildman–Crippen MR) is 110 cm³/mol. The number of alkyl halides is 3. The van der Waals surface area contributed by atoms with Crippen LogP contribution in [0.4, 0.5) is 17.6 Å². The van der Waals surface area contributed by atoms with Crippen LogP contribution in [0.5, 0.6) is 0 Å². The summed E-state index contributed by atoms with van der Waals surface area (Å²) in [5.41, 5.74) is -0.281. The molecule has 0 bridgehead atoms. The lowest BCUT2D eigenvalue weighted by Gasteiger charge is -2.09. The molecular formula is C20H17ClF4N6O. The summed E-state index contributed by atoms with van der Waals surface area (Å²) in [7, 11) is 1.67. The van der Waals surface area contributed by atoms with Crippen molar-refractivity contribution in [1.82, 2.24) is 28.9 Å². The standard InChI is InChI=1S/C20H17ClF4N6O/c1-3-6-31-18(32)15-16(28-19(31)21)27-17(29(15)2)12-8-26-30(10-12)9-11-4-5-13(14(22)7-11)20(23,24)25/h4-5,7-8,10H,3,6,9H2,1-2H3. The van der Waals surface area contributed by atoms with Gasteiger partial charge in [-0.1, -0.05) is 13.0 Å². The molecule has 0 atom stereocenters. The fourth-order valence-corrected chi connectivity index (χ4v) is 3.72. The summed E-state index contributed by atoms with van der Waals surface area (Å²) in [4.78, 5) is 21.4. The number of fused-ring (bicyclic) bond motifs is 1. The Kier molecular flexibility index (Phi) is 5.53. The van der Waals surface area contributed by atoms with E-state index in [2.05, 4.69) is 15.1 Å². The topological polar surface area (TPSA) is 70.5 Å². The molecule has 4 rings (SSSR count). The van der Waals surface area contributed by atoms with Gasteiger partial charge in [-0.3, -0.25) is 14.0 Å². The van der Waals surface area contributed by atoms with E-state index >= 15 is 0 Å². The second kappa shape index (κ2) is 8.05. The minimum Gasteiger partial charge on any atom is -0.321 e. The second-order valence-electron chi connectivity index (χ2n) is 7.24. The van der Waals surface area contributed by atoms with Gasteiger partial charge in [0.1, 0.15) is 11.6 Å². The third kappa shape index (κ3) is 3.88. The highest BCUT2D eigenvalue weighted by molar-refractivity contribution is 6.28. The number of halogens is 5. The van der Waals surface area contributed by atoms with Gasteiger partial charge in [-0.05, 0) is 35.7 Å². The van der Waals surface area contributed by atoms with Crippen molar-refractivity contribution in [3.8, 4) is 11.4 Å². The Morgan fingerprint density at radius 1 is 1.19 bits per heavy atom. The summed E-state index contributed by atoms with van der Waals surface area (Å²) in [6.07, 6.45) is -0.958. The highest BCUT2D eigenvalue weighted by Crippen LogP contribution is 2.31. The summed E-state index contributed by atoms with van der Waals surface area (Å²) < 4.78 is 56.5. The van der Waals surface area contributed by atoms with Crippen molar-refractivity contribution in [3.63, 3.8) is 0 Å². The minimum atomic E-state index is -4.76. The molecule has 0 aliphatic rings. The Morgan fingerprint density at radius 3 is 2.59 bits per heavy atom. The molecule has 7 nitrogen and oxygen atoms in total. The maximum atomic E-state index is 13.8. The van der Waals surface area contributed by atoms with Gasteiger partial charge in [0.05, 0.1) is 23.9 Å². The Labute approximate surface area is 183 Å². The van der Waals surface area contributed by atoms with Crippen molar-refractivity contribution in [2.75, 3.05) is 0 Å². The van der Waals surface area contributed by atoms with Crippen molar-refractivity contribution in [2.45, 2.75) is 32.6 Å². The number of aryl methyl sites for hydroxylation is 1. The normalized spacial score (nSPS) is 12.1. The number of imidazole rings is 1. The third-order valence-corrected chi connectivity index (χ3v) is 5.26. The van der Waals surface area contributed by atoms with Crippen LogP contribution in [0.25, 0.3) is 22.6 Å². The van der Waals surface area contributed by atoms with Gasteiger partial charge in [-0.25, -0.2) is 9.37 Å². The van der Waals surface area contributed by atoms with Gasteiger partial charge >= 0.3 is 6.18 Å². The summed E-state index contributed by atoms with van der Waals surface area (Å²) in [5.74, 6) is -0.927. The van der Waals surface area contributed by atoms with Crippen molar-refractivity contribution < 1.29 is 17.6 Å². The molecule has 0 fully saturated rings. The molecule has 4 aromatic rings. The molecule has 0 unspecified atom stereocenters. The highest BCUT2D eigenvalue weighted by Gasteiger charge is 2.33. The average molecular weight is 469 g/mol. The van der Waals surface area contributed by atoms with E-state index in [4.69, 9.17) is 11.6 Å². The smallest absolute Gasteiger partial charge is 0.321 e. The maximum absolute atomic E-state index is 13.8. The van der Waals surface area contributed by atoms with Crippen molar-refractivity contribution in [3.05, 3.63) is 63.2 Å². The molecule has 12 heteroatoms. The molecule has 1 aromatic carbocycles. The fraction of sp³-hybridized carbons (Fsp3) is 0.300. The molecule has 0 amide bonds. The number of rotatable bonds is 5. The first-order valence-electron chi connectivity index (χ1n) is 9.61. The van der Waals surface area contributed by atoms with Crippen molar-refractivity contribution in [2.24, 2.45) is 7.05 Å². The summed E-state index contributed by atoms with van der Waals surface area (Å²) in [5, 5.41) is 4.23. The van der Waals surface area contributed by atoms with Crippen LogP contribution in [0.3, 0.4) is 0 Å². The zero-order valence-electron chi connectivity index (χ0n) is 17.0. The van der Waals surface area contributed by atoms with Crippen molar-refractivity contribution >= 4 is 22.8 Å². The molecule has 32 heavy (non-hydrogen) atoms. The number of aromatic nitrogens is 6. The summed E-state index contributed by atoms with van der Waals surface area (Å²) >= 11 is 6.13. The molecule has 0 N–H and O–H groups in total. The minimum absolute atomic E-state index is 0.0480. The zero-order chi connectivity index (χ0) is 23.2. The Morgan fingerprint density at radius 2 is 1.94 bits per heavy atom. The third-order valence-electron chi connectivity index (χ3n) is 4.97. The molecule has 0 spiro atoms. The van der Waals surface area contributed by atoms with Crippen LogP contribution in [-0.2, 0) is 26.3 Å². The van der Waals surface area contributed by atoms with E-state index in [1.165, 1.54) is 21.5 Å². The lowest BCUT2D eigenvalue weighted by Crippen LogP contribution is -2.23. The Hall–Kier alpha value is -3.21. The first kappa shape index (κ1) is 22.0. The van der Waals surface area contributed by atoms with E-state index in [1.54, 1.807) is 17.8 Å². The first-order valence-corrected chi connectivity index (χ1v) is 9.99. The van der Waals surface area contributed by atoms with Gasteiger partial charge in [0.15, 0.2) is 11.2 Å². The van der Waals surface area contributed by atoms with E-state index in [-0.39, 0.29) is 28.6 Å². The van der Waals surface area contributed by atoms with Gasteiger partial charge < -0.3 is 4.57 Å². The number of nitrogens with zero attached hydrogens (tertiary/aromatic N) is 6. The van der Waals surface area contributed by atoms with Crippen LogP contribution in [0, 0.1) is 5.82 Å². The van der Waals surface area contributed by atoms with Gasteiger partial charge in [0, 0.05) is 19.8 Å². The highest BCUT2D eigenvalue weighted by atomic mass is 35.5. The van der Waals surface area contributed by atoms with Crippen LogP contribution in [0.1, 0.15) is 24.5 Å². The van der Waals surface area contributed by atoms with E-state index < -0.39 is 17.6 Å². The lowest BCUT2D eigenvalue weighted by molar-refractivity contribution is -0.140. The predicted octanol–water partition coefficient (Wildman–Crippen LogP) is 4.26. The Bertz CT molecular complexity index is 1370. The molecule has 0 radical (unpaired) electrons. The average Bonchev–Trinajstić information content (AvgIpc) is 3.28. The first-order chi connectivity index (χ1) is 15.1. The van der Waals surface area contributed by atoms with Crippen LogP contribution < -0.4 is 5.56 Å². The van der Waals surface area contributed by atoms with E-state index in [0.29, 0.717) is 36.0 Å². The van der Waals surface area contributed by atoms with E-state index in [0.717, 1.165) is 6.07 Å². The maximum Gasteiger partial charge on any atom is 0.419 e. The SMILES string of the molecule is CCCn1c(Cl)nc2nc(-c3cnn(Cc4ccc(C(F)(F)F)c(F)c4)c3)n(C)c2c1=O. The fourth-order valence-electron chi connectivity index (χ4n) is 3.48. The van der Waals surface area contributed by atoms with Gasteiger partial charge in [0.2, 0.25) is 5.28 Å². The number of benzene rings is 1. The van der Waals surface area contributed by atoms with Crippen LogP contribution in [0.2, 0.25) is 5.28 Å². The molecular weight excluding hydrogens is 452 g/mol. The van der Waals surface area contributed by atoms with Crippen LogP contribution in [-0.4, -0.2) is 28.9 Å². The zero-order valence-corrected chi connectivity index (χ0v) is 17.7. The summed E-state index contributed by atoms with van der Waals surface area (Å²) in [6.45, 7) is 2.38. The number of hydrogen-bond donors (Lipinski definition) is 0. The monoisotopic (exact) mass is 468 g/mol. The Balaban J connectivity index is 1.67. The molecule has 168 valence electrons. The summed E-state index contributed by atoms with van der Waals surface area (Å²) in [6, 6.07) is 2.74. The molecule has 3 heterocycles. The molecule has 3 aromatic heterocycles. The quantitative estimate of drug-likeness (QED) is 0.324.